The minimum absolute atomic E-state index is 0. The van der Waals surface area contributed by atoms with E-state index >= 15 is 4.11 Å². The second-order valence-corrected chi connectivity index (χ2v) is 26.4. The topological polar surface area (TPSA) is 0 Å². The molecule has 20 heavy (non-hydrogen) atoms. The zero-order valence-electron chi connectivity index (χ0n) is 16.4. The van der Waals surface area contributed by atoms with Gasteiger partial charge in [-0.1, -0.05) is 97.0 Å². The van der Waals surface area contributed by atoms with Gasteiger partial charge in [0.25, 0.3) is 0 Å². The first kappa shape index (κ1) is 23.4. The minimum atomic E-state index is -3.01. The third-order valence-electron chi connectivity index (χ3n) is 3.91. The van der Waals surface area contributed by atoms with Crippen LogP contribution in [0.3, 0.4) is 0 Å². The van der Waals surface area contributed by atoms with Crippen LogP contribution >= 0.6 is 0 Å². The Labute approximate surface area is 143 Å². The Morgan fingerprint density at radius 3 is 0.900 bits per heavy atom. The van der Waals surface area contributed by atoms with Crippen LogP contribution in [0.1, 0.15) is 41.5 Å². The van der Waals surface area contributed by atoms with Crippen LogP contribution in [0.25, 0.3) is 0 Å². The van der Waals surface area contributed by atoms with Crippen molar-refractivity contribution in [3.8, 4) is 0 Å². The van der Waals surface area contributed by atoms with Crippen LogP contribution in [-0.2, 0) is 0 Å². The molecular formula is C15H36FLiSi3. The predicted octanol–water partition coefficient (Wildman–Crippen LogP) is 3.37. The fourth-order valence-electron chi connectivity index (χ4n) is 4.03. The van der Waals surface area contributed by atoms with Gasteiger partial charge in [0.15, 0.2) is 0 Å². The second kappa shape index (κ2) is 6.35. The van der Waals surface area contributed by atoms with Gasteiger partial charge in [-0.05, 0) is 10.1 Å². The molecule has 0 bridgehead atoms. The van der Waals surface area contributed by atoms with E-state index in [9.17, 15) is 0 Å². The van der Waals surface area contributed by atoms with Gasteiger partial charge in [-0.2, -0.15) is 0 Å². The van der Waals surface area contributed by atoms with E-state index in [4.69, 9.17) is 0 Å². The molecule has 0 amide bonds. The van der Waals surface area contributed by atoms with Crippen LogP contribution in [0.15, 0.2) is 0 Å². The van der Waals surface area contributed by atoms with Gasteiger partial charge in [-0.25, -0.2) is 0 Å². The minimum Gasteiger partial charge on any atom is -0.349 e. The monoisotopic (exact) mass is 326 g/mol. The molecular weight excluding hydrogens is 290 g/mol. The molecule has 116 valence electrons. The van der Waals surface area contributed by atoms with E-state index in [2.05, 4.69) is 80.8 Å². The molecule has 0 aliphatic carbocycles. The summed E-state index contributed by atoms with van der Waals surface area (Å²) in [5.74, 6) is 0. The molecule has 0 saturated carbocycles. The molecule has 5 heteroatoms. The molecule has 0 heterocycles. The SMILES string of the molecule is CC(C)(C)[Si](F)([C-]([Si](C)(C)C)[Si](C)(C)C)C(C)(C)C.[Li+]. The van der Waals surface area contributed by atoms with Gasteiger partial charge >= 0.3 is 18.9 Å². The van der Waals surface area contributed by atoms with E-state index in [0.29, 0.717) is 0 Å². The Morgan fingerprint density at radius 1 is 0.650 bits per heavy atom. The Hall–Kier alpha value is 1.18. The standard InChI is InChI=1S/C15H36FSi3.Li/c1-14(2,3)19(16,15(4,5)6)13(17(7,8)9)18(10,11)12;/h1-12H3;/q-1;+1. The Bertz CT molecular complexity index is 288. The summed E-state index contributed by atoms with van der Waals surface area (Å²) in [6.07, 6.45) is 0. The summed E-state index contributed by atoms with van der Waals surface area (Å²) in [7, 11) is -6.24. The van der Waals surface area contributed by atoms with Crippen molar-refractivity contribution in [2.45, 2.75) is 90.9 Å². The van der Waals surface area contributed by atoms with Crippen LogP contribution in [0, 0.1) is 4.79 Å². The molecule has 0 N–H and O–H groups in total. The molecule has 0 aliphatic heterocycles. The van der Waals surface area contributed by atoms with E-state index in [-0.39, 0.29) is 28.9 Å². The van der Waals surface area contributed by atoms with E-state index in [1.807, 2.05) is 0 Å². The second-order valence-electron chi connectivity index (χ2n) is 10.0. The molecule has 0 atom stereocenters. The Morgan fingerprint density at radius 2 is 0.850 bits per heavy atom. The van der Waals surface area contributed by atoms with Crippen molar-refractivity contribution in [2.24, 2.45) is 0 Å². The van der Waals surface area contributed by atoms with Crippen LogP contribution in [0.4, 0.5) is 4.11 Å². The van der Waals surface area contributed by atoms with Gasteiger partial charge in [0.05, 0.1) is 0 Å². The average Bonchev–Trinajstić information content (AvgIpc) is 1.92. The molecule has 0 fully saturated rings. The summed E-state index contributed by atoms with van der Waals surface area (Å²) < 4.78 is 16.6. The first-order chi connectivity index (χ1) is 7.87. The summed E-state index contributed by atoms with van der Waals surface area (Å²) in [6.45, 7) is 26.9. The normalized spacial score (nSPS) is 15.3. The van der Waals surface area contributed by atoms with Crippen LogP contribution in [-0.4, -0.2) is 24.6 Å². The molecule has 0 aromatic rings. The van der Waals surface area contributed by atoms with Crippen molar-refractivity contribution < 1.29 is 23.0 Å². The Kier molecular flexibility index (Phi) is 7.45. The number of hydrogen-bond donors (Lipinski definition) is 0. The molecule has 0 aromatic carbocycles. The average molecular weight is 327 g/mol. The summed E-state index contributed by atoms with van der Waals surface area (Å²) in [6, 6.07) is 0. The van der Waals surface area contributed by atoms with E-state index in [0.717, 1.165) is 0 Å². The van der Waals surface area contributed by atoms with Gasteiger partial charge in [-0.3, -0.25) is 4.79 Å². The maximum absolute atomic E-state index is 16.6. The maximum atomic E-state index is 16.6. The molecule has 0 saturated heterocycles. The van der Waals surface area contributed by atoms with Gasteiger partial charge in [0.1, 0.15) is 8.41 Å². The molecule has 0 aliphatic rings. The third-order valence-corrected chi connectivity index (χ3v) is 22.8. The van der Waals surface area contributed by atoms with Crippen molar-refractivity contribution >= 4 is 24.6 Å². The first-order valence-corrected chi connectivity index (χ1v) is 16.3. The quantitative estimate of drug-likeness (QED) is 0.424. The fraction of sp³-hybridized carbons (Fsp3) is 0.933. The zero-order valence-corrected chi connectivity index (χ0v) is 19.4. The molecule has 0 nitrogen and oxygen atoms in total. The summed E-state index contributed by atoms with van der Waals surface area (Å²) >= 11 is 0. The Balaban J connectivity index is 0. The van der Waals surface area contributed by atoms with Crippen molar-refractivity contribution in [1.82, 2.24) is 0 Å². The number of hydrogen-bond acceptors (Lipinski definition) is 0. The maximum Gasteiger partial charge on any atom is 1.00 e. The summed E-state index contributed by atoms with van der Waals surface area (Å²) in [5.41, 5.74) is 0. The zero-order chi connectivity index (χ0) is 16.1. The summed E-state index contributed by atoms with van der Waals surface area (Å²) in [4.78, 5) is 1.44. The van der Waals surface area contributed by atoms with Gasteiger partial charge < -0.3 is 4.11 Å². The smallest absolute Gasteiger partial charge is 0.349 e. The van der Waals surface area contributed by atoms with E-state index < -0.39 is 24.6 Å². The third kappa shape index (κ3) is 4.58. The molecule has 0 unspecified atom stereocenters. The predicted molar refractivity (Wildman–Crippen MR) is 96.2 cm³/mol. The van der Waals surface area contributed by atoms with Crippen LogP contribution < -0.4 is 18.9 Å². The van der Waals surface area contributed by atoms with E-state index in [1.54, 1.807) is 0 Å². The van der Waals surface area contributed by atoms with Crippen molar-refractivity contribution in [3.05, 3.63) is 4.79 Å². The van der Waals surface area contributed by atoms with Crippen molar-refractivity contribution in [3.63, 3.8) is 0 Å². The van der Waals surface area contributed by atoms with E-state index in [1.165, 1.54) is 4.79 Å². The molecule has 0 radical (unpaired) electrons. The van der Waals surface area contributed by atoms with Crippen LogP contribution in [0.5, 0.6) is 0 Å². The van der Waals surface area contributed by atoms with Gasteiger partial charge in [-0.15, -0.1) is 0 Å². The number of halogens is 1. The van der Waals surface area contributed by atoms with Crippen LogP contribution in [0.2, 0.25) is 49.4 Å². The first-order valence-electron chi connectivity index (χ1n) is 7.44. The molecule has 0 aromatic heterocycles. The van der Waals surface area contributed by atoms with Gasteiger partial charge in [0, 0.05) is 0 Å². The van der Waals surface area contributed by atoms with Crippen molar-refractivity contribution in [1.29, 1.82) is 0 Å². The summed E-state index contributed by atoms with van der Waals surface area (Å²) in [5, 5.41) is -0.442. The molecule has 0 rings (SSSR count). The number of rotatable bonds is 3. The van der Waals surface area contributed by atoms with Crippen molar-refractivity contribution in [2.75, 3.05) is 0 Å². The molecule has 0 spiro atoms. The van der Waals surface area contributed by atoms with Gasteiger partial charge in [0.2, 0.25) is 0 Å². The fourth-order valence-corrected chi connectivity index (χ4v) is 29.6. The largest absolute Gasteiger partial charge is 1.00 e.